The Balaban J connectivity index is 2.14. The number of aromatic nitrogens is 2. The van der Waals surface area contributed by atoms with Gasteiger partial charge in [0.15, 0.2) is 0 Å². The van der Waals surface area contributed by atoms with Crippen LogP contribution in [0.15, 0.2) is 4.42 Å². The molecule has 1 aromatic heterocycles. The van der Waals surface area contributed by atoms with Gasteiger partial charge in [0.2, 0.25) is 11.8 Å². The average Bonchev–Trinajstić information content (AvgIpc) is 2.87. The molecular formula is C11H19N5O2. The number of carbonyl (C=O) groups is 1. The summed E-state index contributed by atoms with van der Waals surface area (Å²) in [4.78, 5) is 13.7. The lowest BCUT2D eigenvalue weighted by Gasteiger charge is -2.32. The Morgan fingerprint density at radius 1 is 1.44 bits per heavy atom. The zero-order valence-electron chi connectivity index (χ0n) is 10.8. The van der Waals surface area contributed by atoms with Gasteiger partial charge in [-0.1, -0.05) is 5.10 Å². The van der Waals surface area contributed by atoms with E-state index in [1.165, 1.54) is 0 Å². The number of amides is 1. The second-order valence-electron chi connectivity index (χ2n) is 4.33. The van der Waals surface area contributed by atoms with Crippen LogP contribution < -0.4 is 15.5 Å². The van der Waals surface area contributed by atoms with Crippen LogP contribution in [-0.2, 0) is 11.3 Å². The van der Waals surface area contributed by atoms with E-state index < -0.39 is 0 Å². The molecule has 18 heavy (non-hydrogen) atoms. The number of rotatable bonds is 4. The maximum atomic E-state index is 11.8. The first kappa shape index (κ1) is 12.8. The van der Waals surface area contributed by atoms with Gasteiger partial charge in [-0.2, -0.15) is 0 Å². The lowest BCUT2D eigenvalue weighted by molar-refractivity contribution is -0.122. The maximum Gasteiger partial charge on any atom is 0.318 e. The number of piperidine rings is 1. The van der Waals surface area contributed by atoms with Crippen LogP contribution in [0.1, 0.15) is 25.2 Å². The highest BCUT2D eigenvalue weighted by molar-refractivity contribution is 5.84. The number of likely N-dealkylation sites (N-methyl/N-ethyl adjacent to an activating group) is 1. The van der Waals surface area contributed by atoms with Gasteiger partial charge in [-0.15, -0.1) is 5.10 Å². The number of hydrogen-bond donors (Lipinski definition) is 2. The van der Waals surface area contributed by atoms with Crippen molar-refractivity contribution in [1.82, 2.24) is 20.8 Å². The predicted molar refractivity (Wildman–Crippen MR) is 66.1 cm³/mol. The minimum absolute atomic E-state index is 0.00284. The summed E-state index contributed by atoms with van der Waals surface area (Å²) in [5.41, 5.74) is 0. The van der Waals surface area contributed by atoms with Crippen molar-refractivity contribution in [2.75, 3.05) is 25.5 Å². The van der Waals surface area contributed by atoms with E-state index in [9.17, 15) is 4.79 Å². The number of nitrogens with zero attached hydrogens (tertiary/aromatic N) is 3. The summed E-state index contributed by atoms with van der Waals surface area (Å²) in [5, 5.41) is 13.6. The van der Waals surface area contributed by atoms with Crippen molar-refractivity contribution in [3.63, 3.8) is 0 Å². The highest BCUT2D eigenvalue weighted by Crippen LogP contribution is 2.23. The minimum Gasteiger partial charge on any atom is -0.407 e. The van der Waals surface area contributed by atoms with E-state index >= 15 is 0 Å². The van der Waals surface area contributed by atoms with Crippen LogP contribution in [0, 0.1) is 0 Å². The molecule has 1 unspecified atom stereocenters. The van der Waals surface area contributed by atoms with Crippen molar-refractivity contribution in [1.29, 1.82) is 0 Å². The number of nitrogens with one attached hydrogen (secondary N) is 2. The van der Waals surface area contributed by atoms with Crippen LogP contribution >= 0.6 is 0 Å². The van der Waals surface area contributed by atoms with Crippen molar-refractivity contribution < 1.29 is 9.21 Å². The van der Waals surface area contributed by atoms with Crippen molar-refractivity contribution in [2.24, 2.45) is 0 Å². The van der Waals surface area contributed by atoms with Gasteiger partial charge in [0.1, 0.15) is 6.04 Å². The molecule has 0 saturated carbocycles. The molecule has 1 atom stereocenters. The van der Waals surface area contributed by atoms with Gasteiger partial charge in [0.05, 0.1) is 6.54 Å². The number of anilines is 1. The maximum absolute atomic E-state index is 11.8. The van der Waals surface area contributed by atoms with Gasteiger partial charge in [-0.3, -0.25) is 4.79 Å². The van der Waals surface area contributed by atoms with Gasteiger partial charge in [0, 0.05) is 13.6 Å². The van der Waals surface area contributed by atoms with E-state index in [1.807, 2.05) is 11.9 Å². The fourth-order valence-electron chi connectivity index (χ4n) is 2.18. The summed E-state index contributed by atoms with van der Waals surface area (Å²) in [7, 11) is 3.47. The topological polar surface area (TPSA) is 83.3 Å². The van der Waals surface area contributed by atoms with E-state index in [0.29, 0.717) is 18.5 Å². The van der Waals surface area contributed by atoms with Crippen molar-refractivity contribution in [3.05, 3.63) is 5.89 Å². The lowest BCUT2D eigenvalue weighted by Crippen LogP contribution is -2.49. The average molecular weight is 253 g/mol. The quantitative estimate of drug-likeness (QED) is 0.779. The van der Waals surface area contributed by atoms with E-state index in [4.69, 9.17) is 4.42 Å². The van der Waals surface area contributed by atoms with Crippen LogP contribution in [0.4, 0.5) is 6.01 Å². The molecule has 0 aromatic carbocycles. The fraction of sp³-hybridized carbons (Fsp3) is 0.727. The molecule has 1 amide bonds. The van der Waals surface area contributed by atoms with Crippen molar-refractivity contribution in [3.8, 4) is 0 Å². The summed E-state index contributed by atoms with van der Waals surface area (Å²) < 4.78 is 5.55. The fourth-order valence-corrected chi connectivity index (χ4v) is 2.18. The standard InChI is InChI=1S/C11H19N5O2/c1-12-7-9-14-15-11(18-9)16-6-4-3-5-8(16)10(17)13-2/h8,12H,3-7H2,1-2H3,(H,13,17). The van der Waals surface area contributed by atoms with Crippen LogP contribution in [0.25, 0.3) is 0 Å². The van der Waals surface area contributed by atoms with Gasteiger partial charge in [0.25, 0.3) is 0 Å². The predicted octanol–water partition coefficient (Wildman–Crippen LogP) is -0.106. The van der Waals surface area contributed by atoms with Crippen LogP contribution in [0.5, 0.6) is 0 Å². The Labute approximate surface area is 106 Å². The zero-order chi connectivity index (χ0) is 13.0. The third-order valence-corrected chi connectivity index (χ3v) is 3.08. The third kappa shape index (κ3) is 2.61. The van der Waals surface area contributed by atoms with Crippen LogP contribution in [0.2, 0.25) is 0 Å². The van der Waals surface area contributed by atoms with Gasteiger partial charge < -0.3 is 20.0 Å². The van der Waals surface area contributed by atoms with Crippen molar-refractivity contribution in [2.45, 2.75) is 31.8 Å². The van der Waals surface area contributed by atoms with E-state index in [-0.39, 0.29) is 11.9 Å². The molecule has 1 fully saturated rings. The van der Waals surface area contributed by atoms with Gasteiger partial charge in [-0.25, -0.2) is 0 Å². The largest absolute Gasteiger partial charge is 0.407 e. The molecule has 1 saturated heterocycles. The molecule has 7 nitrogen and oxygen atoms in total. The molecule has 2 N–H and O–H groups in total. The second-order valence-corrected chi connectivity index (χ2v) is 4.33. The van der Waals surface area contributed by atoms with E-state index in [2.05, 4.69) is 20.8 Å². The molecule has 100 valence electrons. The highest BCUT2D eigenvalue weighted by atomic mass is 16.4. The van der Waals surface area contributed by atoms with Gasteiger partial charge >= 0.3 is 6.01 Å². The summed E-state index contributed by atoms with van der Waals surface area (Å²) in [6.45, 7) is 1.31. The van der Waals surface area contributed by atoms with Gasteiger partial charge in [-0.05, 0) is 26.3 Å². The molecule has 1 aliphatic rings. The summed E-state index contributed by atoms with van der Waals surface area (Å²) in [6.07, 6.45) is 2.91. The molecule has 1 aromatic rings. The molecule has 0 spiro atoms. The number of carbonyl (C=O) groups excluding carboxylic acids is 1. The molecule has 0 aliphatic carbocycles. The molecule has 0 bridgehead atoms. The molecular weight excluding hydrogens is 234 g/mol. The van der Waals surface area contributed by atoms with Crippen LogP contribution in [0.3, 0.4) is 0 Å². The Morgan fingerprint density at radius 2 is 2.28 bits per heavy atom. The molecule has 0 radical (unpaired) electrons. The van der Waals surface area contributed by atoms with E-state index in [0.717, 1.165) is 25.8 Å². The highest BCUT2D eigenvalue weighted by Gasteiger charge is 2.31. The normalized spacial score (nSPS) is 19.9. The van der Waals surface area contributed by atoms with Crippen molar-refractivity contribution >= 4 is 11.9 Å². The lowest BCUT2D eigenvalue weighted by atomic mass is 10.0. The number of hydrogen-bond acceptors (Lipinski definition) is 6. The summed E-state index contributed by atoms with van der Waals surface area (Å²) >= 11 is 0. The zero-order valence-corrected chi connectivity index (χ0v) is 10.8. The summed E-state index contributed by atoms with van der Waals surface area (Å²) in [6, 6.07) is 0.236. The first-order valence-electron chi connectivity index (χ1n) is 6.21. The van der Waals surface area contributed by atoms with Crippen LogP contribution in [-0.4, -0.2) is 42.8 Å². The van der Waals surface area contributed by atoms with E-state index in [1.54, 1.807) is 7.05 Å². The first-order valence-corrected chi connectivity index (χ1v) is 6.21. The summed E-state index contributed by atoms with van der Waals surface area (Å²) in [5.74, 6) is 0.539. The SMILES string of the molecule is CNCc1nnc(N2CCCCC2C(=O)NC)o1. The Morgan fingerprint density at radius 3 is 3.00 bits per heavy atom. The Kier molecular flexibility index (Phi) is 4.14. The first-order chi connectivity index (χ1) is 8.76. The third-order valence-electron chi connectivity index (χ3n) is 3.08. The smallest absolute Gasteiger partial charge is 0.318 e. The Hall–Kier alpha value is -1.63. The molecule has 7 heteroatoms. The molecule has 1 aliphatic heterocycles. The molecule has 2 rings (SSSR count). The minimum atomic E-state index is -0.202. The monoisotopic (exact) mass is 253 g/mol. The second kappa shape index (κ2) is 5.81. The Bertz CT molecular complexity index is 406. The molecule has 2 heterocycles.